The zero-order chi connectivity index (χ0) is 21.8. The number of carbonyl (C=O) groups is 1. The van der Waals surface area contributed by atoms with Gasteiger partial charge in [-0.05, 0) is 38.1 Å². The average Bonchev–Trinajstić information content (AvgIpc) is 2.79. The molecule has 156 valence electrons. The van der Waals surface area contributed by atoms with Crippen LogP contribution in [0.1, 0.15) is 29.9 Å². The van der Waals surface area contributed by atoms with Crippen molar-refractivity contribution in [1.29, 1.82) is 0 Å². The van der Waals surface area contributed by atoms with Crippen molar-refractivity contribution in [1.82, 2.24) is 15.1 Å². The fraction of sp³-hybridized carbons (Fsp3) is 0.160. The van der Waals surface area contributed by atoms with Gasteiger partial charge in [0.25, 0.3) is 11.5 Å². The van der Waals surface area contributed by atoms with Crippen molar-refractivity contribution in [2.45, 2.75) is 26.5 Å². The van der Waals surface area contributed by atoms with Crippen LogP contribution in [0.15, 0.2) is 83.7 Å². The summed E-state index contributed by atoms with van der Waals surface area (Å²) in [5.74, 6) is 0.366. The number of benzene rings is 3. The Balaban J connectivity index is 1.71. The number of rotatable bonds is 6. The number of aromatic nitrogens is 2. The number of hydrogen-bond donors (Lipinski definition) is 1. The highest BCUT2D eigenvalue weighted by molar-refractivity contribution is 6.04. The molecule has 0 bridgehead atoms. The third-order valence-electron chi connectivity index (χ3n) is 4.80. The van der Waals surface area contributed by atoms with Crippen LogP contribution in [0.4, 0.5) is 0 Å². The number of hydrogen-bond acceptors (Lipinski definition) is 4. The Morgan fingerprint density at radius 1 is 0.935 bits per heavy atom. The van der Waals surface area contributed by atoms with Crippen LogP contribution in [0.5, 0.6) is 5.75 Å². The fourth-order valence-electron chi connectivity index (χ4n) is 3.38. The monoisotopic (exact) mass is 413 g/mol. The van der Waals surface area contributed by atoms with E-state index in [2.05, 4.69) is 10.4 Å². The van der Waals surface area contributed by atoms with Crippen LogP contribution in [-0.4, -0.2) is 21.8 Å². The molecule has 0 radical (unpaired) electrons. The zero-order valence-electron chi connectivity index (χ0n) is 17.4. The van der Waals surface area contributed by atoms with Crippen molar-refractivity contribution in [2.75, 3.05) is 0 Å². The SMILES string of the molecule is CC(C)Oc1ccccc1CNC(=O)c1nn(-c2ccccc2)c(=O)c2ccccc12. The van der Waals surface area contributed by atoms with E-state index in [9.17, 15) is 9.59 Å². The van der Waals surface area contributed by atoms with Gasteiger partial charge in [0.15, 0.2) is 5.69 Å². The molecule has 4 aromatic rings. The minimum Gasteiger partial charge on any atom is -0.491 e. The summed E-state index contributed by atoms with van der Waals surface area (Å²) in [6.45, 7) is 4.19. The summed E-state index contributed by atoms with van der Waals surface area (Å²) in [5.41, 5.74) is 1.39. The zero-order valence-corrected chi connectivity index (χ0v) is 17.4. The summed E-state index contributed by atoms with van der Waals surface area (Å²) < 4.78 is 7.10. The Labute approximate surface area is 180 Å². The first-order valence-electron chi connectivity index (χ1n) is 10.1. The molecule has 6 nitrogen and oxygen atoms in total. The van der Waals surface area contributed by atoms with Crippen molar-refractivity contribution in [3.8, 4) is 11.4 Å². The minimum atomic E-state index is -0.361. The van der Waals surface area contributed by atoms with E-state index < -0.39 is 0 Å². The standard InChI is InChI=1S/C25H23N3O3/c1-17(2)31-22-15-9-6-10-18(22)16-26-24(29)23-20-13-7-8-14-21(20)25(30)28(27-23)19-11-4-3-5-12-19/h3-15,17H,16H2,1-2H3,(H,26,29). The van der Waals surface area contributed by atoms with Gasteiger partial charge in [-0.1, -0.05) is 54.6 Å². The molecule has 6 heteroatoms. The van der Waals surface area contributed by atoms with Gasteiger partial charge in [-0.25, -0.2) is 0 Å². The first-order valence-corrected chi connectivity index (χ1v) is 10.1. The van der Waals surface area contributed by atoms with Gasteiger partial charge in [0.1, 0.15) is 5.75 Å². The second kappa shape index (κ2) is 8.83. The molecule has 31 heavy (non-hydrogen) atoms. The third-order valence-corrected chi connectivity index (χ3v) is 4.80. The Bertz CT molecular complexity index is 1280. The number of nitrogens with zero attached hydrogens (tertiary/aromatic N) is 2. The highest BCUT2D eigenvalue weighted by atomic mass is 16.5. The summed E-state index contributed by atoms with van der Waals surface area (Å²) in [6, 6.07) is 23.7. The Kier molecular flexibility index (Phi) is 5.80. The largest absolute Gasteiger partial charge is 0.491 e. The van der Waals surface area contributed by atoms with E-state index in [0.29, 0.717) is 16.5 Å². The van der Waals surface area contributed by atoms with E-state index >= 15 is 0 Å². The molecule has 0 saturated heterocycles. The van der Waals surface area contributed by atoms with E-state index in [1.165, 1.54) is 4.68 Å². The predicted molar refractivity (Wildman–Crippen MR) is 121 cm³/mol. The van der Waals surface area contributed by atoms with E-state index in [1.807, 2.05) is 56.3 Å². The fourth-order valence-corrected chi connectivity index (χ4v) is 3.38. The Morgan fingerprint density at radius 3 is 2.32 bits per heavy atom. The number of amides is 1. The van der Waals surface area contributed by atoms with Crippen molar-refractivity contribution in [3.63, 3.8) is 0 Å². The molecule has 0 unspecified atom stereocenters. The molecule has 0 aliphatic rings. The van der Waals surface area contributed by atoms with Crippen molar-refractivity contribution in [3.05, 3.63) is 100 Å². The molecule has 0 fully saturated rings. The highest BCUT2D eigenvalue weighted by Gasteiger charge is 2.18. The number of nitrogens with one attached hydrogen (secondary N) is 1. The summed E-state index contributed by atoms with van der Waals surface area (Å²) in [7, 11) is 0. The Hall–Kier alpha value is -3.93. The number of carbonyl (C=O) groups excluding carboxylic acids is 1. The lowest BCUT2D eigenvalue weighted by atomic mass is 10.1. The normalized spacial score (nSPS) is 10.9. The van der Waals surface area contributed by atoms with Crippen molar-refractivity contribution in [2.24, 2.45) is 0 Å². The van der Waals surface area contributed by atoms with E-state index in [1.54, 1.807) is 36.4 Å². The molecule has 0 spiro atoms. The molecule has 1 amide bonds. The number of para-hydroxylation sites is 2. The first-order chi connectivity index (χ1) is 15.0. The van der Waals surface area contributed by atoms with Crippen LogP contribution in [-0.2, 0) is 6.54 Å². The molecule has 0 atom stereocenters. The van der Waals surface area contributed by atoms with Crippen molar-refractivity contribution >= 4 is 16.7 Å². The predicted octanol–water partition coefficient (Wildman–Crippen LogP) is 4.10. The van der Waals surface area contributed by atoms with Gasteiger partial charge in [-0.3, -0.25) is 9.59 Å². The highest BCUT2D eigenvalue weighted by Crippen LogP contribution is 2.20. The summed E-state index contributed by atoms with van der Waals surface area (Å²) in [4.78, 5) is 26.1. The molecule has 0 aliphatic carbocycles. The van der Waals surface area contributed by atoms with E-state index in [0.717, 1.165) is 11.3 Å². The maximum absolute atomic E-state index is 13.1. The second-order valence-corrected chi connectivity index (χ2v) is 7.40. The van der Waals surface area contributed by atoms with Crippen LogP contribution < -0.4 is 15.6 Å². The summed E-state index contributed by atoms with van der Waals surface area (Å²) in [6.07, 6.45) is 0.0249. The summed E-state index contributed by atoms with van der Waals surface area (Å²) >= 11 is 0. The second-order valence-electron chi connectivity index (χ2n) is 7.40. The number of ether oxygens (including phenoxy) is 1. The van der Waals surface area contributed by atoms with Gasteiger partial charge in [0.05, 0.1) is 17.2 Å². The van der Waals surface area contributed by atoms with Crippen LogP contribution in [0, 0.1) is 0 Å². The van der Waals surface area contributed by atoms with E-state index in [4.69, 9.17) is 4.74 Å². The van der Waals surface area contributed by atoms with Crippen LogP contribution in [0.3, 0.4) is 0 Å². The lowest BCUT2D eigenvalue weighted by Gasteiger charge is -2.15. The molecular formula is C25H23N3O3. The van der Waals surface area contributed by atoms with E-state index in [-0.39, 0.29) is 29.8 Å². The topological polar surface area (TPSA) is 73.2 Å². The first kappa shape index (κ1) is 20.3. The van der Waals surface area contributed by atoms with Gasteiger partial charge in [0.2, 0.25) is 0 Å². The molecule has 1 N–H and O–H groups in total. The smallest absolute Gasteiger partial charge is 0.279 e. The van der Waals surface area contributed by atoms with Crippen LogP contribution in [0.25, 0.3) is 16.5 Å². The minimum absolute atomic E-state index is 0.0249. The molecule has 4 rings (SSSR count). The molecule has 0 saturated carbocycles. The lowest BCUT2D eigenvalue weighted by molar-refractivity contribution is 0.0945. The maximum atomic E-state index is 13.1. The van der Waals surface area contributed by atoms with Gasteiger partial charge in [-0.2, -0.15) is 9.78 Å². The molecule has 3 aromatic carbocycles. The van der Waals surface area contributed by atoms with Crippen molar-refractivity contribution < 1.29 is 9.53 Å². The molecule has 1 aromatic heterocycles. The summed E-state index contributed by atoms with van der Waals surface area (Å²) in [5, 5.41) is 8.29. The third kappa shape index (κ3) is 4.33. The molecule has 0 aliphatic heterocycles. The van der Waals surface area contributed by atoms with Gasteiger partial charge in [-0.15, -0.1) is 0 Å². The Morgan fingerprint density at radius 2 is 1.58 bits per heavy atom. The van der Waals surface area contributed by atoms with Gasteiger partial charge < -0.3 is 10.1 Å². The molecule has 1 heterocycles. The van der Waals surface area contributed by atoms with Gasteiger partial charge in [0, 0.05) is 17.5 Å². The number of fused-ring (bicyclic) bond motifs is 1. The molecular weight excluding hydrogens is 390 g/mol. The quantitative estimate of drug-likeness (QED) is 0.516. The maximum Gasteiger partial charge on any atom is 0.279 e. The van der Waals surface area contributed by atoms with Gasteiger partial charge >= 0.3 is 0 Å². The van der Waals surface area contributed by atoms with Crippen LogP contribution in [0.2, 0.25) is 0 Å². The van der Waals surface area contributed by atoms with Crippen LogP contribution >= 0.6 is 0 Å². The average molecular weight is 413 g/mol. The lowest BCUT2D eigenvalue weighted by Crippen LogP contribution is -2.30.